The first-order valence-electron chi connectivity index (χ1n) is 19.1. The van der Waals surface area contributed by atoms with Crippen LogP contribution in [0.3, 0.4) is 0 Å². The molecule has 0 amide bonds. The number of carbonyl (C=O) groups is 2. The van der Waals surface area contributed by atoms with Crippen LogP contribution in [0.2, 0.25) is 0 Å². The van der Waals surface area contributed by atoms with Gasteiger partial charge in [0.25, 0.3) is 0 Å². The minimum atomic E-state index is -4.63. The van der Waals surface area contributed by atoms with E-state index in [0.29, 0.717) is 25.7 Å². The summed E-state index contributed by atoms with van der Waals surface area (Å²) >= 11 is 0. The smallest absolute Gasteiger partial charge is 0.462 e. The zero-order valence-corrected chi connectivity index (χ0v) is 31.2. The molecule has 0 rings (SSSR count). The molecule has 0 aromatic heterocycles. The predicted octanol–water partition coefficient (Wildman–Crippen LogP) is 8.08. The molecule has 11 nitrogen and oxygen atoms in total. The number of phosphoric ester groups is 1. The number of rotatable bonds is 36. The number of hydrogen-bond acceptors (Lipinski definition) is 10. The summed E-state index contributed by atoms with van der Waals surface area (Å²) in [5.41, 5.74) is 0. The molecule has 4 N–H and O–H groups in total. The largest absolute Gasteiger partial charge is 0.472 e. The number of ether oxygens (including phenoxy) is 2. The van der Waals surface area contributed by atoms with Gasteiger partial charge in [-0.05, 0) is 25.7 Å². The third-order valence-electron chi connectivity index (χ3n) is 8.34. The minimum Gasteiger partial charge on any atom is -0.462 e. The van der Waals surface area contributed by atoms with E-state index in [0.717, 1.165) is 38.5 Å². The van der Waals surface area contributed by atoms with Crippen molar-refractivity contribution in [2.75, 3.05) is 26.4 Å². The van der Waals surface area contributed by atoms with Gasteiger partial charge in [-0.2, -0.15) is 0 Å². The van der Waals surface area contributed by atoms with Gasteiger partial charge in [0, 0.05) is 12.8 Å². The summed E-state index contributed by atoms with van der Waals surface area (Å²) in [4.78, 5) is 34.8. The van der Waals surface area contributed by atoms with Crippen molar-refractivity contribution >= 4 is 19.8 Å². The van der Waals surface area contributed by atoms with E-state index in [9.17, 15) is 29.3 Å². The van der Waals surface area contributed by atoms with Crippen molar-refractivity contribution in [3.05, 3.63) is 0 Å². The second kappa shape index (κ2) is 33.1. The number of aliphatic hydroxyl groups is 3. The number of esters is 2. The highest BCUT2D eigenvalue weighted by molar-refractivity contribution is 7.47. The van der Waals surface area contributed by atoms with Crippen molar-refractivity contribution in [2.24, 2.45) is 0 Å². The molecule has 0 aliphatic rings. The molecule has 0 radical (unpaired) electrons. The van der Waals surface area contributed by atoms with E-state index in [1.54, 1.807) is 0 Å². The average Bonchev–Trinajstić information content (AvgIpc) is 3.06. The molecule has 0 bridgehead atoms. The molecule has 0 spiro atoms. The van der Waals surface area contributed by atoms with Crippen molar-refractivity contribution in [3.8, 4) is 0 Å². The van der Waals surface area contributed by atoms with Gasteiger partial charge >= 0.3 is 19.8 Å². The van der Waals surface area contributed by atoms with Crippen LogP contribution in [0.4, 0.5) is 0 Å². The van der Waals surface area contributed by atoms with E-state index in [-0.39, 0.29) is 19.4 Å². The van der Waals surface area contributed by atoms with Crippen LogP contribution in [-0.4, -0.2) is 76.9 Å². The van der Waals surface area contributed by atoms with Gasteiger partial charge < -0.3 is 29.7 Å². The normalized spacial score (nSPS) is 14.7. The standard InChI is InChI=1S/C36H71O11P/c1-3-5-7-9-11-13-14-15-17-19-21-26-35(40)44-30-34(31-46-48(42,43)45-29-33(39)28-37)47-36(41)27-23-22-25-32(38)24-20-18-16-12-10-8-6-4-2/h32-34,37-39H,3-31H2,1-2H3,(H,42,43)/t32-,33+,34-/m1/s1. The van der Waals surface area contributed by atoms with Crippen LogP contribution in [0.1, 0.15) is 174 Å². The van der Waals surface area contributed by atoms with E-state index < -0.39 is 57.9 Å². The number of carbonyl (C=O) groups excluding carboxylic acids is 2. The molecule has 0 saturated heterocycles. The number of phosphoric acid groups is 1. The van der Waals surface area contributed by atoms with Crippen LogP contribution in [0.25, 0.3) is 0 Å². The topological polar surface area (TPSA) is 169 Å². The molecular weight excluding hydrogens is 639 g/mol. The van der Waals surface area contributed by atoms with Crippen molar-refractivity contribution in [3.63, 3.8) is 0 Å². The van der Waals surface area contributed by atoms with E-state index in [4.69, 9.17) is 19.1 Å². The maximum absolute atomic E-state index is 12.5. The second-order valence-electron chi connectivity index (χ2n) is 13.1. The molecule has 0 aliphatic heterocycles. The maximum Gasteiger partial charge on any atom is 0.472 e. The summed E-state index contributed by atoms with van der Waals surface area (Å²) in [5.74, 6) is -1.03. The molecule has 0 aromatic carbocycles. The summed E-state index contributed by atoms with van der Waals surface area (Å²) in [5, 5.41) is 28.5. The molecule has 0 aliphatic carbocycles. The van der Waals surface area contributed by atoms with Crippen LogP contribution < -0.4 is 0 Å². The zero-order chi connectivity index (χ0) is 35.7. The fourth-order valence-electron chi connectivity index (χ4n) is 5.31. The van der Waals surface area contributed by atoms with Gasteiger partial charge in [-0.25, -0.2) is 4.57 Å². The lowest BCUT2D eigenvalue weighted by atomic mass is 10.0. The molecule has 0 saturated carbocycles. The Labute approximate surface area is 291 Å². The second-order valence-corrected chi connectivity index (χ2v) is 14.6. The molecule has 286 valence electrons. The van der Waals surface area contributed by atoms with Crippen molar-refractivity contribution in [1.29, 1.82) is 0 Å². The lowest BCUT2D eigenvalue weighted by Gasteiger charge is -2.20. The maximum atomic E-state index is 12.5. The van der Waals surface area contributed by atoms with E-state index >= 15 is 0 Å². The Morgan fingerprint density at radius 1 is 0.562 bits per heavy atom. The Hall–Kier alpha value is -1.07. The highest BCUT2D eigenvalue weighted by atomic mass is 31.2. The molecule has 0 aromatic rings. The molecule has 1 unspecified atom stereocenters. The predicted molar refractivity (Wildman–Crippen MR) is 188 cm³/mol. The van der Waals surface area contributed by atoms with Crippen LogP contribution in [0, 0.1) is 0 Å². The van der Waals surface area contributed by atoms with E-state index in [1.807, 2.05) is 0 Å². The van der Waals surface area contributed by atoms with Gasteiger partial charge in [0.05, 0.1) is 25.9 Å². The monoisotopic (exact) mass is 710 g/mol. The van der Waals surface area contributed by atoms with Crippen LogP contribution in [0.5, 0.6) is 0 Å². The molecule has 4 atom stereocenters. The van der Waals surface area contributed by atoms with Gasteiger partial charge in [-0.3, -0.25) is 18.6 Å². The Kier molecular flexibility index (Phi) is 32.4. The Balaban J connectivity index is 4.44. The molecule has 0 fully saturated rings. The van der Waals surface area contributed by atoms with Crippen LogP contribution in [0.15, 0.2) is 0 Å². The Bertz CT molecular complexity index is 798. The fraction of sp³-hybridized carbons (Fsp3) is 0.944. The van der Waals surface area contributed by atoms with E-state index in [1.165, 1.54) is 83.5 Å². The van der Waals surface area contributed by atoms with Crippen molar-refractivity contribution in [1.82, 2.24) is 0 Å². The van der Waals surface area contributed by atoms with Crippen molar-refractivity contribution < 1.29 is 52.9 Å². The fourth-order valence-corrected chi connectivity index (χ4v) is 6.10. The first kappa shape index (κ1) is 46.9. The number of aliphatic hydroxyl groups excluding tert-OH is 3. The number of hydrogen-bond donors (Lipinski definition) is 4. The van der Waals surface area contributed by atoms with Gasteiger partial charge in [-0.1, -0.05) is 136 Å². The zero-order valence-electron chi connectivity index (χ0n) is 30.3. The lowest BCUT2D eigenvalue weighted by molar-refractivity contribution is -0.161. The molecular formula is C36H71O11P. The van der Waals surface area contributed by atoms with Gasteiger partial charge in [0.1, 0.15) is 12.7 Å². The quantitative estimate of drug-likeness (QED) is 0.0282. The summed E-state index contributed by atoms with van der Waals surface area (Å²) in [6.07, 6.45) is 22.3. The summed E-state index contributed by atoms with van der Waals surface area (Å²) in [6.45, 7) is 2.22. The van der Waals surface area contributed by atoms with Gasteiger partial charge in [-0.15, -0.1) is 0 Å². The highest BCUT2D eigenvalue weighted by Crippen LogP contribution is 2.43. The highest BCUT2D eigenvalue weighted by Gasteiger charge is 2.27. The third-order valence-corrected chi connectivity index (χ3v) is 9.29. The summed E-state index contributed by atoms with van der Waals surface area (Å²) in [7, 11) is -4.63. The van der Waals surface area contributed by atoms with Crippen molar-refractivity contribution in [2.45, 2.75) is 193 Å². The summed E-state index contributed by atoms with van der Waals surface area (Å²) < 4.78 is 32.5. The van der Waals surface area contributed by atoms with E-state index in [2.05, 4.69) is 18.4 Å². The Morgan fingerprint density at radius 3 is 1.50 bits per heavy atom. The number of unbranched alkanes of at least 4 members (excludes halogenated alkanes) is 18. The van der Waals surface area contributed by atoms with Crippen LogP contribution >= 0.6 is 7.82 Å². The average molecular weight is 711 g/mol. The first-order chi connectivity index (χ1) is 23.1. The molecule has 0 heterocycles. The molecule has 48 heavy (non-hydrogen) atoms. The van der Waals surface area contributed by atoms with Gasteiger partial charge in [0.15, 0.2) is 6.10 Å². The van der Waals surface area contributed by atoms with Crippen LogP contribution in [-0.2, 0) is 32.7 Å². The minimum absolute atomic E-state index is 0.0731. The third kappa shape index (κ3) is 32.2. The first-order valence-corrected chi connectivity index (χ1v) is 20.6. The Morgan fingerprint density at radius 2 is 0.979 bits per heavy atom. The SMILES string of the molecule is CCCCCCCCCCCCCC(=O)OC[C@H](COP(=O)(O)OC[C@@H](O)CO)OC(=O)CCCC[C@H](O)CCCCCCCCCC. The summed E-state index contributed by atoms with van der Waals surface area (Å²) in [6, 6.07) is 0. The lowest BCUT2D eigenvalue weighted by Crippen LogP contribution is -2.29. The molecule has 12 heteroatoms. The van der Waals surface area contributed by atoms with Gasteiger partial charge in [0.2, 0.25) is 0 Å².